The molecule has 0 spiro atoms. The number of rotatable bonds is 4. The van der Waals surface area contributed by atoms with Crippen LogP contribution in [-0.2, 0) is 7.05 Å². The lowest BCUT2D eigenvalue weighted by Gasteiger charge is -2.38. The van der Waals surface area contributed by atoms with Crippen LogP contribution >= 0.6 is 11.6 Å². The van der Waals surface area contributed by atoms with Crippen molar-refractivity contribution in [2.75, 3.05) is 31.1 Å². The predicted octanol–water partition coefficient (Wildman–Crippen LogP) is 4.55. The molecule has 6 rings (SSSR count). The number of pyridine rings is 1. The van der Waals surface area contributed by atoms with Crippen LogP contribution in [0, 0.1) is 0 Å². The molecule has 0 bridgehead atoms. The van der Waals surface area contributed by atoms with Gasteiger partial charge in [0.2, 0.25) is 0 Å². The van der Waals surface area contributed by atoms with Crippen LogP contribution in [0.4, 0.5) is 5.82 Å². The van der Waals surface area contributed by atoms with Crippen molar-refractivity contribution >= 4 is 17.4 Å². The molecule has 2 aromatic carbocycles. The maximum absolute atomic E-state index is 12.3. The topological polar surface area (TPSA) is 66.5 Å². The Morgan fingerprint density at radius 1 is 1.00 bits per heavy atom. The number of halogens is 1. The van der Waals surface area contributed by atoms with Gasteiger partial charge in [-0.1, -0.05) is 35.9 Å². The lowest BCUT2D eigenvalue weighted by atomic mass is 9.97. The normalized spacial score (nSPS) is 17.9. The van der Waals surface area contributed by atoms with Gasteiger partial charge in [0.15, 0.2) is 0 Å². The monoisotopic (exact) mass is 501 g/mol. The number of aryl methyl sites for hydroxylation is 1. The summed E-state index contributed by atoms with van der Waals surface area (Å²) < 4.78 is 3.00. The number of anilines is 1. The number of nitrogens with zero attached hydrogens (tertiary/aromatic N) is 5. The number of phenolic OH excluding ortho intramolecular Hbond substituents is 1. The van der Waals surface area contributed by atoms with Gasteiger partial charge in [-0.3, -0.25) is 9.47 Å². The quantitative estimate of drug-likeness (QED) is 0.444. The molecule has 0 aliphatic carbocycles. The minimum atomic E-state index is -0.169. The van der Waals surface area contributed by atoms with E-state index in [1.54, 1.807) is 31.6 Å². The third kappa shape index (κ3) is 3.98. The zero-order chi connectivity index (χ0) is 24.8. The summed E-state index contributed by atoms with van der Waals surface area (Å²) in [5.74, 6) is 1.14. The van der Waals surface area contributed by atoms with Crippen molar-refractivity contribution in [1.82, 2.24) is 19.0 Å². The lowest BCUT2D eigenvalue weighted by molar-refractivity contribution is 0.230. The van der Waals surface area contributed by atoms with Crippen molar-refractivity contribution in [2.45, 2.75) is 18.9 Å². The standard InChI is InChI=1S/C28H28ClN5O2/c1-31-12-15-34(28(31)36)25-8-7-19(16-24(25)29)22-5-2-6-23(27(22)35)20-9-10-30-26(17-20)33-14-13-32-11-3-4-21(32)18-33/h2,5-10,12,15-17,21,35H,3-4,11,13-14,18H2,1H3. The van der Waals surface area contributed by atoms with Gasteiger partial charge in [0, 0.05) is 62.4 Å². The summed E-state index contributed by atoms with van der Waals surface area (Å²) in [5.41, 5.74) is 3.56. The molecule has 2 saturated heterocycles. The highest BCUT2D eigenvalue weighted by Crippen LogP contribution is 2.40. The van der Waals surface area contributed by atoms with Crippen molar-refractivity contribution < 1.29 is 5.11 Å². The summed E-state index contributed by atoms with van der Waals surface area (Å²) in [5, 5.41) is 11.7. The average Bonchev–Trinajstić information content (AvgIpc) is 3.50. The number of hydrogen-bond donors (Lipinski definition) is 1. The van der Waals surface area contributed by atoms with Gasteiger partial charge in [-0.25, -0.2) is 9.78 Å². The fraction of sp³-hybridized carbons (Fsp3) is 0.286. The second kappa shape index (κ2) is 9.15. The van der Waals surface area contributed by atoms with Crippen molar-refractivity contribution in [2.24, 2.45) is 7.05 Å². The zero-order valence-electron chi connectivity index (χ0n) is 20.1. The summed E-state index contributed by atoms with van der Waals surface area (Å²) >= 11 is 6.58. The molecule has 1 N–H and O–H groups in total. The number of aromatic hydroxyl groups is 1. The molecule has 0 amide bonds. The van der Waals surface area contributed by atoms with Crippen molar-refractivity contribution in [3.8, 4) is 33.7 Å². The minimum Gasteiger partial charge on any atom is -0.507 e. The maximum Gasteiger partial charge on any atom is 0.332 e. The SMILES string of the molecule is Cn1ccn(-c2ccc(-c3cccc(-c4ccnc(N5CCN6CCCC6C5)c4)c3O)cc2Cl)c1=O. The molecule has 1 unspecified atom stereocenters. The molecule has 2 aliphatic heterocycles. The van der Waals surface area contributed by atoms with Crippen molar-refractivity contribution in [3.63, 3.8) is 0 Å². The van der Waals surface area contributed by atoms with Gasteiger partial charge in [-0.05, 0) is 54.8 Å². The Kier molecular flexibility index (Phi) is 5.82. The van der Waals surface area contributed by atoms with E-state index in [2.05, 4.69) is 20.9 Å². The predicted molar refractivity (Wildman–Crippen MR) is 143 cm³/mol. The third-order valence-corrected chi connectivity index (χ3v) is 7.77. The molecule has 36 heavy (non-hydrogen) atoms. The Morgan fingerprint density at radius 2 is 1.81 bits per heavy atom. The Morgan fingerprint density at radius 3 is 2.56 bits per heavy atom. The first-order chi connectivity index (χ1) is 17.5. The molecule has 4 heterocycles. The fourth-order valence-electron chi connectivity index (χ4n) is 5.48. The van der Waals surface area contributed by atoms with Crippen LogP contribution in [0.25, 0.3) is 27.9 Å². The summed E-state index contributed by atoms with van der Waals surface area (Å²) in [6, 6.07) is 15.8. The summed E-state index contributed by atoms with van der Waals surface area (Å²) in [6.07, 6.45) is 7.73. The van der Waals surface area contributed by atoms with Gasteiger partial charge in [-0.2, -0.15) is 0 Å². The molecule has 184 valence electrons. The van der Waals surface area contributed by atoms with E-state index in [9.17, 15) is 9.90 Å². The first-order valence-corrected chi connectivity index (χ1v) is 12.7. The van der Waals surface area contributed by atoms with E-state index < -0.39 is 0 Å². The Labute approximate surface area is 214 Å². The van der Waals surface area contributed by atoms with Crippen molar-refractivity contribution in [3.05, 3.63) is 82.6 Å². The molecular weight excluding hydrogens is 474 g/mol. The van der Waals surface area contributed by atoms with E-state index in [0.717, 1.165) is 42.1 Å². The summed E-state index contributed by atoms with van der Waals surface area (Å²) in [6.45, 7) is 4.25. The second-order valence-electron chi connectivity index (χ2n) is 9.61. The van der Waals surface area contributed by atoms with Crippen LogP contribution in [0.2, 0.25) is 5.02 Å². The highest BCUT2D eigenvalue weighted by atomic mass is 35.5. The number of piperazine rings is 1. The van der Waals surface area contributed by atoms with E-state index in [1.165, 1.54) is 28.5 Å². The molecule has 2 fully saturated rings. The average molecular weight is 502 g/mol. The van der Waals surface area contributed by atoms with Crippen molar-refractivity contribution in [1.29, 1.82) is 0 Å². The number of imidazole rings is 1. The number of phenols is 1. The van der Waals surface area contributed by atoms with Gasteiger partial charge in [0.25, 0.3) is 0 Å². The highest BCUT2D eigenvalue weighted by molar-refractivity contribution is 6.32. The molecule has 4 aromatic rings. The molecule has 1 atom stereocenters. The van der Waals surface area contributed by atoms with Gasteiger partial charge in [0.1, 0.15) is 11.6 Å². The number of fused-ring (bicyclic) bond motifs is 1. The van der Waals surface area contributed by atoms with Crippen LogP contribution in [0.3, 0.4) is 0 Å². The molecule has 7 nitrogen and oxygen atoms in total. The van der Waals surface area contributed by atoms with E-state index in [-0.39, 0.29) is 11.4 Å². The number of benzene rings is 2. The highest BCUT2D eigenvalue weighted by Gasteiger charge is 2.31. The van der Waals surface area contributed by atoms with Gasteiger partial charge < -0.3 is 14.6 Å². The van der Waals surface area contributed by atoms with Gasteiger partial charge >= 0.3 is 5.69 Å². The zero-order valence-corrected chi connectivity index (χ0v) is 20.9. The van der Waals surface area contributed by atoms with Crippen LogP contribution in [0.15, 0.2) is 71.9 Å². The first-order valence-electron chi connectivity index (χ1n) is 12.3. The van der Waals surface area contributed by atoms with Crippen LogP contribution in [0.1, 0.15) is 12.8 Å². The Balaban J connectivity index is 1.32. The minimum absolute atomic E-state index is 0.169. The molecule has 0 radical (unpaired) electrons. The molecule has 2 aromatic heterocycles. The van der Waals surface area contributed by atoms with E-state index in [0.29, 0.717) is 22.3 Å². The largest absolute Gasteiger partial charge is 0.507 e. The fourth-order valence-corrected chi connectivity index (χ4v) is 5.76. The number of aromatic nitrogens is 3. The van der Waals surface area contributed by atoms with E-state index in [1.807, 2.05) is 36.5 Å². The lowest BCUT2D eigenvalue weighted by Crippen LogP contribution is -2.50. The molecular formula is C28H28ClN5O2. The number of hydrogen-bond acceptors (Lipinski definition) is 5. The maximum atomic E-state index is 12.3. The molecule has 8 heteroatoms. The smallest absolute Gasteiger partial charge is 0.332 e. The van der Waals surface area contributed by atoms with E-state index in [4.69, 9.17) is 11.6 Å². The van der Waals surface area contributed by atoms with Gasteiger partial charge in [-0.15, -0.1) is 0 Å². The van der Waals surface area contributed by atoms with Gasteiger partial charge in [0.05, 0.1) is 10.7 Å². The van der Waals surface area contributed by atoms with Crippen LogP contribution < -0.4 is 10.6 Å². The van der Waals surface area contributed by atoms with Crippen LogP contribution in [-0.4, -0.2) is 56.3 Å². The Bertz CT molecular complexity index is 1490. The van der Waals surface area contributed by atoms with Crippen LogP contribution in [0.5, 0.6) is 5.75 Å². The third-order valence-electron chi connectivity index (χ3n) is 7.47. The number of para-hydroxylation sites is 1. The second-order valence-corrected chi connectivity index (χ2v) is 10.0. The summed E-state index contributed by atoms with van der Waals surface area (Å²) in [4.78, 5) is 21.9. The summed E-state index contributed by atoms with van der Waals surface area (Å²) in [7, 11) is 1.70. The molecule has 2 aliphatic rings. The van der Waals surface area contributed by atoms with E-state index >= 15 is 0 Å². The Hall–Kier alpha value is -3.55. The molecule has 0 saturated carbocycles. The first kappa shape index (κ1) is 22.9.